The molecule has 3 aromatic rings. The second kappa shape index (κ2) is 10.7. The van der Waals surface area contributed by atoms with Crippen molar-refractivity contribution in [1.82, 2.24) is 0 Å². The summed E-state index contributed by atoms with van der Waals surface area (Å²) >= 11 is 0. The van der Waals surface area contributed by atoms with Gasteiger partial charge in [-0.1, -0.05) is 54.6 Å². The van der Waals surface area contributed by atoms with E-state index in [1.807, 2.05) is 0 Å². The minimum Gasteiger partial charge on any atom is -0.459 e. The number of rotatable bonds is 7. The highest BCUT2D eigenvalue weighted by atomic mass is 19.1. The van der Waals surface area contributed by atoms with Crippen molar-refractivity contribution in [2.75, 3.05) is 6.61 Å². The lowest BCUT2D eigenvalue weighted by Crippen LogP contribution is -2.37. The predicted octanol–water partition coefficient (Wildman–Crippen LogP) is 3.99. The maximum Gasteiger partial charge on any atom is 0.340 e. The summed E-state index contributed by atoms with van der Waals surface area (Å²) in [6.07, 6.45) is -6.31. The summed E-state index contributed by atoms with van der Waals surface area (Å²) in [7, 11) is 0. The summed E-state index contributed by atoms with van der Waals surface area (Å²) in [6.45, 7) is -0.416. The number of benzene rings is 3. The maximum absolute atomic E-state index is 15.3. The lowest BCUT2D eigenvalue weighted by atomic mass is 10.1. The van der Waals surface area contributed by atoms with Gasteiger partial charge in [-0.05, 0) is 36.4 Å². The van der Waals surface area contributed by atoms with Crippen LogP contribution in [-0.4, -0.2) is 49.2 Å². The van der Waals surface area contributed by atoms with E-state index in [1.165, 1.54) is 24.3 Å². The fraction of sp³-hybridized carbons (Fsp3) is 0.192. The molecule has 0 aromatic heterocycles. The topological polar surface area (TPSA) is 88.1 Å². The molecule has 3 aromatic carbocycles. The fourth-order valence-corrected chi connectivity index (χ4v) is 3.38. The minimum atomic E-state index is -2.00. The highest BCUT2D eigenvalue weighted by Gasteiger charge is 2.50. The van der Waals surface area contributed by atoms with Crippen molar-refractivity contribution in [3.05, 3.63) is 108 Å². The van der Waals surface area contributed by atoms with Crippen LogP contribution in [0.25, 0.3) is 0 Å². The predicted molar refractivity (Wildman–Crippen MR) is 118 cm³/mol. The minimum absolute atomic E-state index is 0.204. The Morgan fingerprint density at radius 2 is 1.12 bits per heavy atom. The Balaban J connectivity index is 1.47. The number of halogens is 1. The Bertz CT molecular complexity index is 1120. The van der Waals surface area contributed by atoms with Crippen LogP contribution in [0.4, 0.5) is 4.39 Å². The molecule has 0 unspecified atom stereocenters. The van der Waals surface area contributed by atoms with Gasteiger partial charge in [-0.3, -0.25) is 0 Å². The van der Waals surface area contributed by atoms with Gasteiger partial charge in [0.2, 0.25) is 12.5 Å². The molecule has 1 aliphatic rings. The summed E-state index contributed by atoms with van der Waals surface area (Å²) in [4.78, 5) is 37.2. The van der Waals surface area contributed by atoms with E-state index in [2.05, 4.69) is 0 Å². The van der Waals surface area contributed by atoms with Crippen LogP contribution in [0.5, 0.6) is 0 Å². The van der Waals surface area contributed by atoms with E-state index in [0.717, 1.165) is 0 Å². The molecule has 0 radical (unpaired) electrons. The summed E-state index contributed by atoms with van der Waals surface area (Å²) in [5, 5.41) is 0. The van der Waals surface area contributed by atoms with E-state index in [9.17, 15) is 14.4 Å². The first-order valence-electron chi connectivity index (χ1n) is 10.6. The third-order valence-electron chi connectivity index (χ3n) is 5.12. The van der Waals surface area contributed by atoms with Crippen LogP contribution in [0.3, 0.4) is 0 Å². The smallest absolute Gasteiger partial charge is 0.340 e. The molecule has 4 atom stereocenters. The van der Waals surface area contributed by atoms with Crippen molar-refractivity contribution in [2.45, 2.75) is 24.7 Å². The fourth-order valence-electron chi connectivity index (χ4n) is 3.38. The van der Waals surface area contributed by atoms with Gasteiger partial charge in [0.25, 0.3) is 0 Å². The summed E-state index contributed by atoms with van der Waals surface area (Å²) in [5.41, 5.74) is 0.705. The molecule has 0 saturated carbocycles. The molecular weight excluding hydrogens is 443 g/mol. The third kappa shape index (κ3) is 5.47. The Morgan fingerprint density at radius 3 is 1.62 bits per heavy atom. The van der Waals surface area contributed by atoms with Crippen LogP contribution in [-0.2, 0) is 18.9 Å². The lowest BCUT2D eigenvalue weighted by Gasteiger charge is -2.19. The van der Waals surface area contributed by atoms with Gasteiger partial charge >= 0.3 is 17.9 Å². The van der Waals surface area contributed by atoms with Crippen molar-refractivity contribution < 1.29 is 37.7 Å². The summed E-state index contributed by atoms with van der Waals surface area (Å²) in [6, 6.07) is 24.2. The first kappa shape index (κ1) is 23.1. The van der Waals surface area contributed by atoms with Crippen molar-refractivity contribution in [1.29, 1.82) is 0 Å². The highest BCUT2D eigenvalue weighted by molar-refractivity contribution is 5.90. The van der Waals surface area contributed by atoms with Gasteiger partial charge in [0.05, 0.1) is 16.7 Å². The molecule has 1 saturated heterocycles. The zero-order chi connectivity index (χ0) is 23.9. The van der Waals surface area contributed by atoms with Gasteiger partial charge in [-0.2, -0.15) is 0 Å². The number of carbonyl (C=O) groups is 3. The van der Waals surface area contributed by atoms with E-state index in [0.29, 0.717) is 5.56 Å². The number of hydrogen-bond acceptors (Lipinski definition) is 7. The standard InChI is InChI=1S/C26H21FO7/c27-21-22(33-24(29)18-12-6-2-7-13-18)20(16-31-23(28)17-10-4-1-5-11-17)32-26(21)34-25(30)19-14-8-3-9-15-19/h1-15,20-22,26H,16H2/t20-,21-,22+,26+/m0/s1. The SMILES string of the molecule is O=C(OC[C@@H]1O[C@H](OC(=O)c2ccccc2)[C@@H](F)[C@@H]1OC(=O)c1ccccc1)c1ccccc1. The van der Waals surface area contributed by atoms with E-state index in [4.69, 9.17) is 18.9 Å². The van der Waals surface area contributed by atoms with Gasteiger partial charge in [0.1, 0.15) is 12.7 Å². The molecule has 0 amide bonds. The molecule has 1 fully saturated rings. The van der Waals surface area contributed by atoms with E-state index < -0.39 is 49.2 Å². The monoisotopic (exact) mass is 464 g/mol. The summed E-state index contributed by atoms with van der Waals surface area (Å²) in [5.74, 6) is -2.24. The molecule has 0 aliphatic carbocycles. The zero-order valence-corrected chi connectivity index (χ0v) is 17.9. The number of alkyl halides is 1. The third-order valence-corrected chi connectivity index (χ3v) is 5.12. The highest BCUT2D eigenvalue weighted by Crippen LogP contribution is 2.29. The first-order chi connectivity index (χ1) is 16.5. The first-order valence-corrected chi connectivity index (χ1v) is 10.6. The molecule has 1 aliphatic heterocycles. The van der Waals surface area contributed by atoms with Crippen molar-refractivity contribution in [3.63, 3.8) is 0 Å². The molecule has 0 N–H and O–H groups in total. The van der Waals surface area contributed by atoms with Gasteiger partial charge in [0.15, 0.2) is 6.10 Å². The zero-order valence-electron chi connectivity index (χ0n) is 17.9. The molecule has 34 heavy (non-hydrogen) atoms. The van der Waals surface area contributed by atoms with Crippen LogP contribution in [0.1, 0.15) is 31.1 Å². The molecule has 4 rings (SSSR count). The number of esters is 3. The molecule has 7 nitrogen and oxygen atoms in total. The van der Waals surface area contributed by atoms with Crippen molar-refractivity contribution in [3.8, 4) is 0 Å². The summed E-state index contributed by atoms with van der Waals surface area (Å²) < 4.78 is 36.6. The molecule has 1 heterocycles. The van der Waals surface area contributed by atoms with Crippen LogP contribution < -0.4 is 0 Å². The molecule has 174 valence electrons. The number of ether oxygens (including phenoxy) is 4. The average Bonchev–Trinajstić information content (AvgIpc) is 3.17. The van der Waals surface area contributed by atoms with Gasteiger partial charge in [-0.15, -0.1) is 0 Å². The van der Waals surface area contributed by atoms with Crippen LogP contribution in [0, 0.1) is 0 Å². The van der Waals surface area contributed by atoms with Crippen LogP contribution in [0.15, 0.2) is 91.0 Å². The second-order valence-corrected chi connectivity index (χ2v) is 7.46. The molecule has 8 heteroatoms. The normalized spacial score (nSPS) is 21.4. The average molecular weight is 464 g/mol. The van der Waals surface area contributed by atoms with Crippen molar-refractivity contribution in [2.24, 2.45) is 0 Å². The Hall–Kier alpha value is -4.04. The Labute approximate surface area is 195 Å². The molecular formula is C26H21FO7. The molecule has 0 bridgehead atoms. The van der Waals surface area contributed by atoms with E-state index in [-0.39, 0.29) is 11.1 Å². The maximum atomic E-state index is 15.3. The van der Waals surface area contributed by atoms with Gasteiger partial charge in [-0.25, -0.2) is 18.8 Å². The van der Waals surface area contributed by atoms with Crippen LogP contribution >= 0.6 is 0 Å². The second-order valence-electron chi connectivity index (χ2n) is 7.46. The van der Waals surface area contributed by atoms with Gasteiger partial charge < -0.3 is 18.9 Å². The Morgan fingerprint density at radius 1 is 0.676 bits per heavy atom. The number of hydrogen-bond donors (Lipinski definition) is 0. The van der Waals surface area contributed by atoms with Gasteiger partial charge in [0, 0.05) is 0 Å². The van der Waals surface area contributed by atoms with Crippen molar-refractivity contribution >= 4 is 17.9 Å². The number of carbonyl (C=O) groups excluding carboxylic acids is 3. The largest absolute Gasteiger partial charge is 0.459 e. The van der Waals surface area contributed by atoms with E-state index >= 15 is 4.39 Å². The molecule has 0 spiro atoms. The van der Waals surface area contributed by atoms with E-state index in [1.54, 1.807) is 66.7 Å². The van der Waals surface area contributed by atoms with Crippen LogP contribution in [0.2, 0.25) is 0 Å². The quantitative estimate of drug-likeness (QED) is 0.386. The lowest BCUT2D eigenvalue weighted by molar-refractivity contribution is -0.129. The Kier molecular flexibility index (Phi) is 7.29.